The molecule has 0 saturated carbocycles. The van der Waals surface area contributed by atoms with Gasteiger partial charge in [-0.1, -0.05) is 33.6 Å². The van der Waals surface area contributed by atoms with Crippen molar-refractivity contribution in [3.05, 3.63) is 0 Å². The molecular formula is C17H33N3O. The number of urea groups is 1. The van der Waals surface area contributed by atoms with Gasteiger partial charge in [0.15, 0.2) is 0 Å². The van der Waals surface area contributed by atoms with E-state index in [1.54, 1.807) is 0 Å². The minimum atomic E-state index is 0.124. The first-order valence-corrected chi connectivity index (χ1v) is 8.72. The first-order chi connectivity index (χ1) is 9.96. The molecule has 0 aromatic rings. The Morgan fingerprint density at radius 1 is 1.00 bits per heavy atom. The largest absolute Gasteiger partial charge is 0.337 e. The Morgan fingerprint density at radius 2 is 1.57 bits per heavy atom. The molecule has 4 heteroatoms. The molecule has 0 radical (unpaired) electrons. The predicted octanol–water partition coefficient (Wildman–Crippen LogP) is 3.08. The SMILES string of the molecule is CC(C)(C)CNC(=O)N1CCC(N2CCCCCC2)CC1. The highest BCUT2D eigenvalue weighted by atomic mass is 16.2. The van der Waals surface area contributed by atoms with Crippen LogP contribution in [0.3, 0.4) is 0 Å². The van der Waals surface area contributed by atoms with Gasteiger partial charge in [0.1, 0.15) is 0 Å². The molecule has 0 atom stereocenters. The summed E-state index contributed by atoms with van der Waals surface area (Å²) in [6.07, 6.45) is 7.78. The molecule has 0 aromatic carbocycles. The molecular weight excluding hydrogens is 262 g/mol. The molecule has 0 aromatic heterocycles. The van der Waals surface area contributed by atoms with E-state index in [-0.39, 0.29) is 11.4 Å². The maximum absolute atomic E-state index is 12.2. The van der Waals surface area contributed by atoms with Crippen LogP contribution in [-0.4, -0.2) is 54.6 Å². The summed E-state index contributed by atoms with van der Waals surface area (Å²) in [7, 11) is 0. The zero-order valence-corrected chi connectivity index (χ0v) is 14.2. The Bertz CT molecular complexity index is 321. The Labute approximate surface area is 130 Å². The van der Waals surface area contributed by atoms with Gasteiger partial charge in [0.05, 0.1) is 0 Å². The molecule has 2 amide bonds. The van der Waals surface area contributed by atoms with E-state index >= 15 is 0 Å². The fourth-order valence-electron chi connectivity index (χ4n) is 3.35. The fourth-order valence-corrected chi connectivity index (χ4v) is 3.35. The molecule has 0 unspecified atom stereocenters. The van der Waals surface area contributed by atoms with Crippen LogP contribution in [-0.2, 0) is 0 Å². The number of nitrogens with zero attached hydrogens (tertiary/aromatic N) is 2. The first kappa shape index (κ1) is 16.6. The van der Waals surface area contributed by atoms with Crippen molar-refractivity contribution in [2.75, 3.05) is 32.7 Å². The van der Waals surface area contributed by atoms with Crippen LogP contribution >= 0.6 is 0 Å². The molecule has 0 aliphatic carbocycles. The Kier molecular flexibility index (Phi) is 5.91. The van der Waals surface area contributed by atoms with Crippen molar-refractivity contribution in [3.8, 4) is 0 Å². The zero-order chi connectivity index (χ0) is 15.3. The second-order valence-corrected chi connectivity index (χ2v) is 7.89. The second-order valence-electron chi connectivity index (χ2n) is 7.89. The quantitative estimate of drug-likeness (QED) is 0.850. The lowest BCUT2D eigenvalue weighted by Crippen LogP contribution is -2.50. The van der Waals surface area contributed by atoms with Crippen molar-refractivity contribution in [3.63, 3.8) is 0 Å². The standard InChI is InChI=1S/C17H33N3O/c1-17(2,3)14-18-16(21)20-12-8-15(9-13-20)19-10-6-4-5-7-11-19/h15H,4-14H2,1-3H3,(H,18,21). The molecule has 2 fully saturated rings. The van der Waals surface area contributed by atoms with E-state index in [4.69, 9.17) is 0 Å². The molecule has 1 N–H and O–H groups in total. The summed E-state index contributed by atoms with van der Waals surface area (Å²) in [5.41, 5.74) is 0.153. The average molecular weight is 295 g/mol. The van der Waals surface area contributed by atoms with Crippen LogP contribution in [0.25, 0.3) is 0 Å². The van der Waals surface area contributed by atoms with Crippen molar-refractivity contribution in [2.24, 2.45) is 5.41 Å². The van der Waals surface area contributed by atoms with Crippen LogP contribution in [0, 0.1) is 5.41 Å². The van der Waals surface area contributed by atoms with Crippen LogP contribution in [0.1, 0.15) is 59.3 Å². The fraction of sp³-hybridized carbons (Fsp3) is 0.941. The van der Waals surface area contributed by atoms with Crippen molar-refractivity contribution in [1.29, 1.82) is 0 Å². The molecule has 0 bridgehead atoms. The number of hydrogen-bond acceptors (Lipinski definition) is 2. The number of amides is 2. The topological polar surface area (TPSA) is 35.6 Å². The highest BCUT2D eigenvalue weighted by molar-refractivity contribution is 5.74. The van der Waals surface area contributed by atoms with E-state index < -0.39 is 0 Å². The third-order valence-electron chi connectivity index (χ3n) is 4.68. The zero-order valence-electron chi connectivity index (χ0n) is 14.2. The average Bonchev–Trinajstić information content (AvgIpc) is 2.73. The predicted molar refractivity (Wildman–Crippen MR) is 87.5 cm³/mol. The molecule has 4 nitrogen and oxygen atoms in total. The van der Waals surface area contributed by atoms with E-state index in [2.05, 4.69) is 31.0 Å². The Hall–Kier alpha value is -0.770. The number of hydrogen-bond donors (Lipinski definition) is 1. The Morgan fingerprint density at radius 3 is 2.10 bits per heavy atom. The van der Waals surface area contributed by atoms with E-state index in [1.165, 1.54) is 38.8 Å². The van der Waals surface area contributed by atoms with Gasteiger partial charge in [-0.15, -0.1) is 0 Å². The van der Waals surface area contributed by atoms with Gasteiger partial charge in [0.25, 0.3) is 0 Å². The van der Waals surface area contributed by atoms with Gasteiger partial charge in [-0.3, -0.25) is 0 Å². The number of piperidine rings is 1. The summed E-state index contributed by atoms with van der Waals surface area (Å²) in [6, 6.07) is 0.828. The van der Waals surface area contributed by atoms with Crippen LogP contribution in [0.2, 0.25) is 0 Å². The van der Waals surface area contributed by atoms with Crippen molar-refractivity contribution in [2.45, 2.75) is 65.3 Å². The highest BCUT2D eigenvalue weighted by Crippen LogP contribution is 2.20. The maximum atomic E-state index is 12.2. The smallest absolute Gasteiger partial charge is 0.317 e. The van der Waals surface area contributed by atoms with Gasteiger partial charge in [-0.25, -0.2) is 4.79 Å². The van der Waals surface area contributed by atoms with Crippen LogP contribution in [0.15, 0.2) is 0 Å². The number of carbonyl (C=O) groups excluding carboxylic acids is 1. The lowest BCUT2D eigenvalue weighted by atomic mass is 9.97. The molecule has 0 spiro atoms. The summed E-state index contributed by atoms with van der Waals surface area (Å²) in [4.78, 5) is 16.9. The first-order valence-electron chi connectivity index (χ1n) is 8.72. The normalized spacial score (nSPS) is 22.9. The Balaban J connectivity index is 1.73. The monoisotopic (exact) mass is 295 g/mol. The van der Waals surface area contributed by atoms with Crippen molar-refractivity contribution in [1.82, 2.24) is 15.1 Å². The second kappa shape index (κ2) is 7.48. The summed E-state index contributed by atoms with van der Waals surface area (Å²) in [5.74, 6) is 0. The van der Waals surface area contributed by atoms with E-state index in [0.29, 0.717) is 6.04 Å². The maximum Gasteiger partial charge on any atom is 0.317 e. The van der Waals surface area contributed by atoms with Gasteiger partial charge in [-0.05, 0) is 44.2 Å². The molecule has 2 aliphatic rings. The number of likely N-dealkylation sites (tertiary alicyclic amines) is 2. The van der Waals surface area contributed by atoms with Gasteiger partial charge in [0.2, 0.25) is 0 Å². The summed E-state index contributed by atoms with van der Waals surface area (Å²) in [5, 5.41) is 3.07. The lowest BCUT2D eigenvalue weighted by molar-refractivity contribution is 0.118. The van der Waals surface area contributed by atoms with Gasteiger partial charge in [-0.2, -0.15) is 0 Å². The molecule has 2 rings (SSSR count). The summed E-state index contributed by atoms with van der Waals surface area (Å²) in [6.45, 7) is 11.6. The lowest BCUT2D eigenvalue weighted by Gasteiger charge is -2.38. The van der Waals surface area contributed by atoms with Gasteiger partial charge >= 0.3 is 6.03 Å². The number of carbonyl (C=O) groups is 1. The van der Waals surface area contributed by atoms with E-state index in [9.17, 15) is 4.79 Å². The minimum absolute atomic E-state index is 0.124. The van der Waals surface area contributed by atoms with Crippen molar-refractivity contribution >= 4 is 6.03 Å². The highest BCUT2D eigenvalue weighted by Gasteiger charge is 2.27. The molecule has 2 saturated heterocycles. The van der Waals surface area contributed by atoms with Gasteiger partial charge in [0, 0.05) is 25.7 Å². The van der Waals surface area contributed by atoms with E-state index in [0.717, 1.165) is 32.5 Å². The number of nitrogens with one attached hydrogen (secondary N) is 1. The third kappa shape index (κ3) is 5.50. The van der Waals surface area contributed by atoms with E-state index in [1.807, 2.05) is 4.90 Å². The number of rotatable bonds is 2. The van der Waals surface area contributed by atoms with Gasteiger partial charge < -0.3 is 15.1 Å². The van der Waals surface area contributed by atoms with Crippen LogP contribution in [0.5, 0.6) is 0 Å². The molecule has 2 aliphatic heterocycles. The molecule has 2 heterocycles. The van der Waals surface area contributed by atoms with Crippen LogP contribution in [0.4, 0.5) is 4.79 Å². The van der Waals surface area contributed by atoms with Crippen molar-refractivity contribution < 1.29 is 4.79 Å². The van der Waals surface area contributed by atoms with Crippen LogP contribution < -0.4 is 5.32 Å². The molecule has 122 valence electrons. The third-order valence-corrected chi connectivity index (χ3v) is 4.68. The summed E-state index contributed by atoms with van der Waals surface area (Å²) < 4.78 is 0. The summed E-state index contributed by atoms with van der Waals surface area (Å²) >= 11 is 0. The minimum Gasteiger partial charge on any atom is -0.337 e. The molecule has 21 heavy (non-hydrogen) atoms.